The molecule has 1 heteroatoms. The molecule has 0 N–H and O–H groups in total. The Balaban J connectivity index is 2.81. The molecular formula is C12H16Cl. The van der Waals surface area contributed by atoms with E-state index in [9.17, 15) is 0 Å². The van der Waals surface area contributed by atoms with Gasteiger partial charge >= 0.3 is 0 Å². The minimum Gasteiger partial charge on any atom is -0.0843 e. The highest BCUT2D eigenvalue weighted by Crippen LogP contribution is 2.19. The van der Waals surface area contributed by atoms with Gasteiger partial charge in [-0.25, -0.2) is 0 Å². The fraction of sp³-hybridized carbons (Fsp3) is 0.417. The zero-order valence-corrected chi connectivity index (χ0v) is 9.06. The summed E-state index contributed by atoms with van der Waals surface area (Å²) in [6.45, 7) is 8.24. The molecule has 71 valence electrons. The summed E-state index contributed by atoms with van der Waals surface area (Å²) >= 11 is 5.93. The molecule has 1 unspecified atom stereocenters. The number of aryl methyl sites for hydroxylation is 1. The lowest BCUT2D eigenvalue weighted by molar-refractivity contribution is 0.586. The maximum absolute atomic E-state index is 5.93. The molecule has 0 aliphatic rings. The number of hydrogen-bond acceptors (Lipinski definition) is 0. The average molecular weight is 196 g/mol. The summed E-state index contributed by atoms with van der Waals surface area (Å²) in [4.78, 5) is 0. The van der Waals surface area contributed by atoms with Gasteiger partial charge in [-0.1, -0.05) is 37.9 Å². The van der Waals surface area contributed by atoms with Crippen LogP contribution < -0.4 is 0 Å². The first-order valence-corrected chi connectivity index (χ1v) is 5.05. The zero-order valence-electron chi connectivity index (χ0n) is 8.31. The fourth-order valence-electron chi connectivity index (χ4n) is 1.34. The number of rotatable bonds is 3. The molecule has 0 aromatic heterocycles. The molecule has 1 aromatic rings. The Bertz CT molecular complexity index is 278. The molecule has 1 radical (unpaired) electrons. The van der Waals surface area contributed by atoms with Crippen molar-refractivity contribution in [2.75, 3.05) is 0 Å². The molecule has 0 aliphatic carbocycles. The second-order valence-corrected chi connectivity index (χ2v) is 4.11. The Labute approximate surface area is 85.9 Å². The van der Waals surface area contributed by atoms with Crippen LogP contribution in [0.25, 0.3) is 0 Å². The van der Waals surface area contributed by atoms with Gasteiger partial charge in [-0.05, 0) is 42.5 Å². The van der Waals surface area contributed by atoms with Gasteiger partial charge in [0, 0.05) is 5.02 Å². The third-order valence-electron chi connectivity index (χ3n) is 2.37. The molecule has 0 saturated carbocycles. The van der Waals surface area contributed by atoms with Gasteiger partial charge < -0.3 is 0 Å². The van der Waals surface area contributed by atoms with Crippen molar-refractivity contribution < 1.29 is 0 Å². The lowest BCUT2D eigenvalue weighted by Crippen LogP contribution is -1.99. The van der Waals surface area contributed by atoms with E-state index in [1.54, 1.807) is 0 Å². The van der Waals surface area contributed by atoms with Crippen molar-refractivity contribution in [2.45, 2.75) is 26.7 Å². The number of halogens is 1. The van der Waals surface area contributed by atoms with E-state index in [1.807, 2.05) is 6.07 Å². The molecule has 0 amide bonds. The zero-order chi connectivity index (χ0) is 9.84. The summed E-state index contributed by atoms with van der Waals surface area (Å²) in [6.07, 6.45) is 2.06. The summed E-state index contributed by atoms with van der Waals surface area (Å²) in [7, 11) is 0. The summed E-state index contributed by atoms with van der Waals surface area (Å²) in [6, 6.07) is 6.08. The Hall–Kier alpha value is -0.490. The summed E-state index contributed by atoms with van der Waals surface area (Å²) in [5.41, 5.74) is 2.67. The maximum atomic E-state index is 5.93. The second kappa shape index (κ2) is 4.66. The van der Waals surface area contributed by atoms with Crippen LogP contribution in [0.5, 0.6) is 0 Å². The highest BCUT2D eigenvalue weighted by atomic mass is 35.5. The van der Waals surface area contributed by atoms with Crippen LogP contribution in [0.15, 0.2) is 18.2 Å². The third kappa shape index (κ3) is 3.04. The van der Waals surface area contributed by atoms with E-state index < -0.39 is 0 Å². The molecule has 1 atom stereocenters. The van der Waals surface area contributed by atoms with Crippen LogP contribution >= 0.6 is 11.6 Å². The van der Waals surface area contributed by atoms with E-state index in [1.165, 1.54) is 11.1 Å². The van der Waals surface area contributed by atoms with Gasteiger partial charge in [0.15, 0.2) is 0 Å². The lowest BCUT2D eigenvalue weighted by Gasteiger charge is -2.11. The van der Waals surface area contributed by atoms with E-state index in [0.717, 1.165) is 17.9 Å². The first-order chi connectivity index (χ1) is 6.13. The predicted octanol–water partition coefficient (Wildman–Crippen LogP) is 4.05. The predicted molar refractivity (Wildman–Crippen MR) is 59.0 cm³/mol. The Kier molecular flexibility index (Phi) is 3.80. The maximum Gasteiger partial charge on any atom is 0.0408 e. The smallest absolute Gasteiger partial charge is 0.0408 e. The monoisotopic (exact) mass is 195 g/mol. The van der Waals surface area contributed by atoms with E-state index in [2.05, 4.69) is 32.9 Å². The van der Waals surface area contributed by atoms with E-state index >= 15 is 0 Å². The van der Waals surface area contributed by atoms with Crippen LogP contribution in [-0.2, 0) is 6.42 Å². The molecule has 1 rings (SSSR count). The molecule has 0 spiro atoms. The van der Waals surface area contributed by atoms with Gasteiger partial charge in [-0.15, -0.1) is 0 Å². The molecule has 0 saturated heterocycles. The molecule has 0 nitrogen and oxygen atoms in total. The van der Waals surface area contributed by atoms with E-state index in [4.69, 9.17) is 11.6 Å². The number of benzene rings is 1. The lowest BCUT2D eigenvalue weighted by atomic mass is 9.96. The largest absolute Gasteiger partial charge is 0.0843 e. The molecular weight excluding hydrogens is 180 g/mol. The van der Waals surface area contributed by atoms with Gasteiger partial charge in [0.25, 0.3) is 0 Å². The minimum atomic E-state index is 0.636. The summed E-state index contributed by atoms with van der Waals surface area (Å²) in [5, 5.41) is 0.830. The van der Waals surface area contributed by atoms with Gasteiger partial charge in [-0.3, -0.25) is 0 Å². The highest BCUT2D eigenvalue weighted by molar-refractivity contribution is 6.30. The van der Waals surface area contributed by atoms with Crippen molar-refractivity contribution in [3.63, 3.8) is 0 Å². The quantitative estimate of drug-likeness (QED) is 0.683. The van der Waals surface area contributed by atoms with E-state index in [-0.39, 0.29) is 0 Å². The average Bonchev–Trinajstić information content (AvgIpc) is 2.11. The van der Waals surface area contributed by atoms with Crippen LogP contribution in [0, 0.1) is 19.8 Å². The van der Waals surface area contributed by atoms with Crippen LogP contribution in [-0.4, -0.2) is 0 Å². The van der Waals surface area contributed by atoms with Crippen molar-refractivity contribution in [2.24, 2.45) is 5.92 Å². The van der Waals surface area contributed by atoms with Crippen molar-refractivity contribution in [1.82, 2.24) is 0 Å². The van der Waals surface area contributed by atoms with Crippen LogP contribution in [0.4, 0.5) is 0 Å². The first-order valence-electron chi connectivity index (χ1n) is 4.67. The third-order valence-corrected chi connectivity index (χ3v) is 2.61. The topological polar surface area (TPSA) is 0 Å². The molecule has 1 aromatic carbocycles. The van der Waals surface area contributed by atoms with Crippen molar-refractivity contribution >= 4 is 11.6 Å². The molecule has 0 heterocycles. The summed E-state index contributed by atoms with van der Waals surface area (Å²) < 4.78 is 0. The van der Waals surface area contributed by atoms with Crippen molar-refractivity contribution in [3.05, 3.63) is 41.3 Å². The Morgan fingerprint density at radius 3 is 2.77 bits per heavy atom. The van der Waals surface area contributed by atoms with Gasteiger partial charge in [0.1, 0.15) is 0 Å². The molecule has 0 bridgehead atoms. The Morgan fingerprint density at radius 1 is 1.46 bits per heavy atom. The standard InChI is InChI=1S/C12H16Cl/c1-4-9(2)7-11-8-12(13)6-5-10(11)3/h5-6,8-9H,1,4,7H2,2-3H3. The molecule has 0 fully saturated rings. The van der Waals surface area contributed by atoms with Gasteiger partial charge in [0.2, 0.25) is 0 Å². The van der Waals surface area contributed by atoms with Crippen LogP contribution in [0.3, 0.4) is 0 Å². The van der Waals surface area contributed by atoms with Crippen molar-refractivity contribution in [3.8, 4) is 0 Å². The Morgan fingerprint density at radius 2 is 2.15 bits per heavy atom. The van der Waals surface area contributed by atoms with Gasteiger partial charge in [-0.2, -0.15) is 0 Å². The van der Waals surface area contributed by atoms with Crippen LogP contribution in [0.1, 0.15) is 24.5 Å². The van der Waals surface area contributed by atoms with E-state index in [0.29, 0.717) is 5.92 Å². The fourth-order valence-corrected chi connectivity index (χ4v) is 1.53. The second-order valence-electron chi connectivity index (χ2n) is 3.67. The molecule has 0 aliphatic heterocycles. The first kappa shape index (κ1) is 10.6. The normalized spacial score (nSPS) is 12.9. The number of hydrogen-bond donors (Lipinski definition) is 0. The highest BCUT2D eigenvalue weighted by Gasteiger charge is 2.04. The van der Waals surface area contributed by atoms with Crippen molar-refractivity contribution in [1.29, 1.82) is 0 Å². The van der Waals surface area contributed by atoms with Crippen LogP contribution in [0.2, 0.25) is 5.02 Å². The summed E-state index contributed by atoms with van der Waals surface area (Å²) in [5.74, 6) is 0.636. The minimum absolute atomic E-state index is 0.636. The van der Waals surface area contributed by atoms with Gasteiger partial charge in [0.05, 0.1) is 0 Å². The SMILES string of the molecule is [CH2]CC(C)Cc1cc(Cl)ccc1C. The molecule has 13 heavy (non-hydrogen) atoms.